The zero-order valence-corrected chi connectivity index (χ0v) is 27.1. The fraction of sp³-hybridized carbons (Fsp3) is 0.618. The third kappa shape index (κ3) is 10.9. The van der Waals surface area contributed by atoms with E-state index in [1.54, 1.807) is 47.5 Å². The first-order valence-corrected chi connectivity index (χ1v) is 15.6. The summed E-state index contributed by atoms with van der Waals surface area (Å²) in [6.45, 7) is 18.0. The van der Waals surface area contributed by atoms with Crippen LogP contribution in [0.2, 0.25) is 0 Å². The topological polar surface area (TPSA) is 57.5 Å². The molecular weight excluding hydrogens is 553 g/mol. The Hall–Kier alpha value is -2.94. The van der Waals surface area contributed by atoms with Crippen LogP contribution in [0.5, 0.6) is 0 Å². The Kier molecular flexibility index (Phi) is 14.7. The number of hydrogen-bond donors (Lipinski definition) is 0. The predicted octanol–water partition coefficient (Wildman–Crippen LogP) is 8.75. The van der Waals surface area contributed by atoms with Crippen molar-refractivity contribution in [3.63, 3.8) is 0 Å². The number of alkyl halides is 3. The van der Waals surface area contributed by atoms with Gasteiger partial charge in [0.25, 0.3) is 5.91 Å². The quantitative estimate of drug-likeness (QED) is 0.0766. The van der Waals surface area contributed by atoms with Crippen LogP contribution >= 0.6 is 0 Å². The summed E-state index contributed by atoms with van der Waals surface area (Å²) in [5, 5.41) is 6.49. The largest absolute Gasteiger partial charge is 0.395 e. The maximum absolute atomic E-state index is 14.3. The van der Waals surface area contributed by atoms with Gasteiger partial charge in [0.2, 0.25) is 0 Å². The van der Waals surface area contributed by atoms with Gasteiger partial charge >= 0.3 is 6.18 Å². The number of rotatable bonds is 16. The number of amidine groups is 1. The van der Waals surface area contributed by atoms with Crippen LogP contribution in [0.25, 0.3) is 0 Å². The van der Waals surface area contributed by atoms with Crippen LogP contribution in [-0.4, -0.2) is 59.3 Å². The lowest BCUT2D eigenvalue weighted by molar-refractivity contribution is -0.161. The number of carbonyl (C=O) groups excluding carboxylic acids is 1. The maximum Gasteiger partial charge on any atom is 0.395 e. The standard InChI is InChI=1S/C34H51F3N4O2/c1-9-13-15-31(38-18-14-10-2)41(39-12-4)32(24(5)6)26(8)40(23-30(27-16-17-27)43-19-11-3)33(42)28-20-25(7)21-29(22-28)34(35,36)37/h10,12,14,18,20,22,26-27,29-30H,2,9,11,13,15-17,19,21,23H2,1,3-8H3/b18-14-,38-31?,39-12-. The second kappa shape index (κ2) is 17.4. The summed E-state index contributed by atoms with van der Waals surface area (Å²) in [5.74, 6) is -1.11. The van der Waals surface area contributed by atoms with Crippen molar-refractivity contribution >= 4 is 18.0 Å². The van der Waals surface area contributed by atoms with Crippen molar-refractivity contribution in [2.75, 3.05) is 13.2 Å². The van der Waals surface area contributed by atoms with E-state index in [0.29, 0.717) is 30.4 Å². The van der Waals surface area contributed by atoms with Crippen molar-refractivity contribution in [2.45, 2.75) is 112 Å². The number of allylic oxidation sites excluding steroid dienone is 5. The number of hydrazone groups is 1. The van der Waals surface area contributed by atoms with Crippen molar-refractivity contribution in [2.24, 2.45) is 21.9 Å². The van der Waals surface area contributed by atoms with Crippen LogP contribution in [0, 0.1) is 11.8 Å². The molecule has 3 unspecified atom stereocenters. The minimum atomic E-state index is -4.43. The van der Waals surface area contributed by atoms with Crippen molar-refractivity contribution in [3.05, 3.63) is 59.5 Å². The molecule has 0 aromatic rings. The van der Waals surface area contributed by atoms with E-state index >= 15 is 0 Å². The van der Waals surface area contributed by atoms with Gasteiger partial charge in [-0.2, -0.15) is 18.3 Å². The summed E-state index contributed by atoms with van der Waals surface area (Å²) in [6.07, 6.45) is 9.99. The SMILES string of the molecule is C=C/C=C\N=C(CCCC)N(/N=C\C)C(=C(C)C)C(C)N(CC(OCCC)C1CC1)C(=O)C1=CC(C(F)(F)F)CC(C)=C1. The molecule has 0 aliphatic heterocycles. The molecule has 2 aliphatic carbocycles. The van der Waals surface area contributed by atoms with Gasteiger partial charge in [0, 0.05) is 37.6 Å². The minimum absolute atomic E-state index is 0.0652. The molecule has 0 heterocycles. The van der Waals surface area contributed by atoms with Gasteiger partial charge in [-0.25, -0.2) is 10.0 Å². The lowest BCUT2D eigenvalue weighted by Crippen LogP contribution is -2.49. The maximum atomic E-state index is 14.3. The van der Waals surface area contributed by atoms with E-state index in [9.17, 15) is 18.0 Å². The van der Waals surface area contributed by atoms with Gasteiger partial charge in [-0.05, 0) is 78.7 Å². The molecule has 2 rings (SSSR count). The Morgan fingerprint density at radius 2 is 1.93 bits per heavy atom. The fourth-order valence-corrected chi connectivity index (χ4v) is 5.28. The van der Waals surface area contributed by atoms with E-state index < -0.39 is 24.0 Å². The molecule has 1 fully saturated rings. The van der Waals surface area contributed by atoms with Crippen LogP contribution in [0.1, 0.15) is 93.4 Å². The monoisotopic (exact) mass is 604 g/mol. The lowest BCUT2D eigenvalue weighted by atomic mass is 9.89. The first-order valence-electron chi connectivity index (χ1n) is 15.6. The predicted molar refractivity (Wildman–Crippen MR) is 171 cm³/mol. The average molecular weight is 605 g/mol. The summed E-state index contributed by atoms with van der Waals surface area (Å²) in [4.78, 5) is 20.7. The minimum Gasteiger partial charge on any atom is -0.376 e. The molecule has 0 radical (unpaired) electrons. The summed E-state index contributed by atoms with van der Waals surface area (Å²) in [6, 6.07) is -0.538. The van der Waals surface area contributed by atoms with Crippen molar-refractivity contribution in [1.82, 2.24) is 9.91 Å². The average Bonchev–Trinajstić information content (AvgIpc) is 3.79. The Morgan fingerprint density at radius 3 is 2.47 bits per heavy atom. The first-order chi connectivity index (χ1) is 20.4. The third-order valence-electron chi connectivity index (χ3n) is 7.59. The van der Waals surface area contributed by atoms with Gasteiger partial charge in [0.1, 0.15) is 5.84 Å². The molecule has 9 heteroatoms. The fourth-order valence-electron chi connectivity index (χ4n) is 5.28. The van der Waals surface area contributed by atoms with E-state index in [-0.39, 0.29) is 24.6 Å². The lowest BCUT2D eigenvalue weighted by Gasteiger charge is -2.38. The molecule has 0 spiro atoms. The summed E-state index contributed by atoms with van der Waals surface area (Å²) < 4.78 is 47.8. The highest BCUT2D eigenvalue weighted by atomic mass is 19.4. The number of aliphatic imine (C=N–C) groups is 1. The Morgan fingerprint density at radius 1 is 1.23 bits per heavy atom. The Labute approximate surface area is 256 Å². The number of amides is 1. The highest BCUT2D eigenvalue weighted by Crippen LogP contribution is 2.38. The van der Waals surface area contributed by atoms with Gasteiger partial charge in [-0.15, -0.1) is 0 Å². The number of ether oxygens (including phenoxy) is 1. The molecule has 1 amide bonds. The van der Waals surface area contributed by atoms with E-state index in [4.69, 9.17) is 14.8 Å². The van der Waals surface area contributed by atoms with Crippen LogP contribution in [-0.2, 0) is 9.53 Å². The second-order valence-electron chi connectivity index (χ2n) is 11.6. The first kappa shape index (κ1) is 36.3. The molecular formula is C34H51F3N4O2. The van der Waals surface area contributed by atoms with Crippen LogP contribution < -0.4 is 0 Å². The molecule has 3 atom stereocenters. The molecule has 0 aromatic carbocycles. The molecule has 0 aromatic heterocycles. The number of halogens is 3. The second-order valence-corrected chi connectivity index (χ2v) is 11.6. The highest BCUT2D eigenvalue weighted by Gasteiger charge is 2.42. The van der Waals surface area contributed by atoms with Crippen LogP contribution in [0.3, 0.4) is 0 Å². The molecule has 240 valence electrons. The van der Waals surface area contributed by atoms with E-state index in [1.165, 1.54) is 0 Å². The highest BCUT2D eigenvalue weighted by molar-refractivity contribution is 5.97. The number of hydrogen-bond acceptors (Lipinski definition) is 4. The number of unbranched alkanes of at least 4 members (excludes halogenated alkanes) is 1. The van der Waals surface area contributed by atoms with E-state index in [1.807, 2.05) is 34.6 Å². The van der Waals surface area contributed by atoms with Gasteiger partial charge in [0.15, 0.2) is 0 Å². The molecule has 0 N–H and O–H groups in total. The molecule has 43 heavy (non-hydrogen) atoms. The molecule has 0 saturated heterocycles. The van der Waals surface area contributed by atoms with Gasteiger partial charge in [-0.3, -0.25) is 4.79 Å². The van der Waals surface area contributed by atoms with Gasteiger partial charge in [-0.1, -0.05) is 56.2 Å². The number of nitrogens with zero attached hydrogens (tertiary/aromatic N) is 4. The van der Waals surface area contributed by atoms with Crippen molar-refractivity contribution in [3.8, 4) is 0 Å². The Bertz CT molecular complexity index is 1120. The van der Waals surface area contributed by atoms with E-state index in [2.05, 4.69) is 13.5 Å². The van der Waals surface area contributed by atoms with Crippen molar-refractivity contribution in [1.29, 1.82) is 0 Å². The molecule has 6 nitrogen and oxygen atoms in total. The normalized spacial score (nSPS) is 19.2. The van der Waals surface area contributed by atoms with Crippen molar-refractivity contribution < 1.29 is 22.7 Å². The summed E-state index contributed by atoms with van der Waals surface area (Å²) >= 11 is 0. The van der Waals surface area contributed by atoms with E-state index in [0.717, 1.165) is 49.5 Å². The van der Waals surface area contributed by atoms with Crippen LogP contribution in [0.15, 0.2) is 69.6 Å². The zero-order valence-electron chi connectivity index (χ0n) is 27.1. The molecule has 0 bridgehead atoms. The summed E-state index contributed by atoms with van der Waals surface area (Å²) in [5.41, 5.74) is 2.27. The summed E-state index contributed by atoms with van der Waals surface area (Å²) in [7, 11) is 0. The molecule has 1 saturated carbocycles. The number of carbonyl (C=O) groups is 1. The van der Waals surface area contributed by atoms with Gasteiger partial charge < -0.3 is 9.64 Å². The molecule has 2 aliphatic rings. The Balaban J connectivity index is 2.67. The third-order valence-corrected chi connectivity index (χ3v) is 7.59. The van der Waals surface area contributed by atoms with Crippen LogP contribution in [0.4, 0.5) is 13.2 Å². The zero-order chi connectivity index (χ0) is 32.2. The van der Waals surface area contributed by atoms with Gasteiger partial charge in [0.05, 0.1) is 23.8 Å². The smallest absolute Gasteiger partial charge is 0.376 e.